The number of nitrogens with zero attached hydrogens (tertiary/aromatic N) is 4. The summed E-state index contributed by atoms with van der Waals surface area (Å²) in [5, 5.41) is 0. The van der Waals surface area contributed by atoms with E-state index in [2.05, 4.69) is 34.0 Å². The molecule has 0 unspecified atom stereocenters. The van der Waals surface area contributed by atoms with E-state index in [-0.39, 0.29) is 0 Å². The molecule has 2 aromatic heterocycles. The molecule has 1 aromatic carbocycles. The predicted octanol–water partition coefficient (Wildman–Crippen LogP) is 3.67. The highest BCUT2D eigenvalue weighted by Gasteiger charge is 2.08. The molecule has 2 heterocycles. The van der Waals surface area contributed by atoms with Gasteiger partial charge >= 0.3 is 0 Å². The Hall–Kier alpha value is -2.49. The van der Waals surface area contributed by atoms with Gasteiger partial charge in [0.15, 0.2) is 0 Å². The van der Waals surface area contributed by atoms with Gasteiger partial charge < -0.3 is 0 Å². The minimum absolute atomic E-state index is 0.903. The van der Waals surface area contributed by atoms with Crippen LogP contribution < -0.4 is 0 Å². The number of rotatable bonds is 5. The van der Waals surface area contributed by atoms with Crippen LogP contribution in [-0.2, 0) is 6.42 Å². The first-order valence-corrected chi connectivity index (χ1v) is 7.28. The second-order valence-electron chi connectivity index (χ2n) is 4.95. The summed E-state index contributed by atoms with van der Waals surface area (Å²) in [6.07, 6.45) is 10.7. The molecule has 0 aliphatic heterocycles. The number of imidazole rings is 1. The van der Waals surface area contributed by atoms with Crippen molar-refractivity contribution in [3.05, 3.63) is 60.9 Å². The van der Waals surface area contributed by atoms with Gasteiger partial charge in [-0.05, 0) is 6.42 Å². The van der Waals surface area contributed by atoms with Crippen molar-refractivity contribution in [2.24, 2.45) is 0 Å². The first kappa shape index (κ1) is 13.5. The molecule has 3 rings (SSSR count). The van der Waals surface area contributed by atoms with E-state index in [0.717, 1.165) is 42.2 Å². The van der Waals surface area contributed by atoms with Crippen molar-refractivity contribution >= 4 is 0 Å². The highest BCUT2D eigenvalue weighted by Crippen LogP contribution is 2.20. The number of aryl methyl sites for hydroxylation is 1. The fourth-order valence-electron chi connectivity index (χ4n) is 2.25. The Labute approximate surface area is 124 Å². The van der Waals surface area contributed by atoms with Gasteiger partial charge in [-0.2, -0.15) is 0 Å². The summed E-state index contributed by atoms with van der Waals surface area (Å²) in [5.74, 6) is 1.81. The largest absolute Gasteiger partial charge is 0.297 e. The zero-order chi connectivity index (χ0) is 14.5. The van der Waals surface area contributed by atoms with Gasteiger partial charge in [0.2, 0.25) is 0 Å². The lowest BCUT2D eigenvalue weighted by Gasteiger charge is -2.08. The zero-order valence-electron chi connectivity index (χ0n) is 12.1. The van der Waals surface area contributed by atoms with Gasteiger partial charge in [0, 0.05) is 24.4 Å². The molecule has 4 nitrogen and oxygen atoms in total. The van der Waals surface area contributed by atoms with E-state index in [9.17, 15) is 0 Å². The van der Waals surface area contributed by atoms with E-state index in [1.165, 1.54) is 0 Å². The molecule has 0 bridgehead atoms. The van der Waals surface area contributed by atoms with Crippen LogP contribution in [0.2, 0.25) is 0 Å². The quantitative estimate of drug-likeness (QED) is 0.715. The molecule has 0 aliphatic carbocycles. The summed E-state index contributed by atoms with van der Waals surface area (Å²) in [5.41, 5.74) is 2.02. The number of unbranched alkanes of at least 4 members (excludes halogenated alkanes) is 1. The van der Waals surface area contributed by atoms with Gasteiger partial charge in [0.1, 0.15) is 11.6 Å². The minimum atomic E-state index is 0.903. The highest BCUT2D eigenvalue weighted by molar-refractivity contribution is 5.58. The fraction of sp³-hybridized carbons (Fsp3) is 0.235. The molecular formula is C17H18N4. The lowest BCUT2D eigenvalue weighted by molar-refractivity contribution is 0.750. The average Bonchev–Trinajstić information content (AvgIpc) is 3.04. The second kappa shape index (κ2) is 6.31. The number of aromatic nitrogens is 4. The molecule has 3 aromatic rings. The molecule has 4 heteroatoms. The Bertz CT molecular complexity index is 686. The first-order chi connectivity index (χ1) is 10.4. The molecule has 0 spiro atoms. The van der Waals surface area contributed by atoms with Crippen LogP contribution in [0.4, 0.5) is 0 Å². The van der Waals surface area contributed by atoms with E-state index < -0.39 is 0 Å². The smallest absolute Gasteiger partial charge is 0.144 e. The summed E-state index contributed by atoms with van der Waals surface area (Å²) in [4.78, 5) is 13.3. The topological polar surface area (TPSA) is 43.6 Å². The van der Waals surface area contributed by atoms with Gasteiger partial charge in [-0.25, -0.2) is 15.0 Å². The molecule has 0 N–H and O–H groups in total. The average molecular weight is 278 g/mol. The van der Waals surface area contributed by atoms with Crippen LogP contribution in [0.15, 0.2) is 55.1 Å². The molecule has 106 valence electrons. The molecular weight excluding hydrogens is 260 g/mol. The Morgan fingerprint density at radius 2 is 1.76 bits per heavy atom. The van der Waals surface area contributed by atoms with Gasteiger partial charge in [-0.1, -0.05) is 43.7 Å². The highest BCUT2D eigenvalue weighted by atomic mass is 15.1. The standard InChI is InChI=1S/C17H18N4/c1-2-3-9-16-19-12-15(13-20-16)21-11-10-18-17(21)14-7-5-4-6-8-14/h4-8,10-13H,2-3,9H2,1H3. The van der Waals surface area contributed by atoms with Crippen molar-refractivity contribution < 1.29 is 0 Å². The van der Waals surface area contributed by atoms with Gasteiger partial charge in [0.25, 0.3) is 0 Å². The normalized spacial score (nSPS) is 10.7. The number of hydrogen-bond donors (Lipinski definition) is 0. The Balaban J connectivity index is 1.90. The number of benzene rings is 1. The van der Waals surface area contributed by atoms with E-state index in [0.29, 0.717) is 0 Å². The maximum atomic E-state index is 4.45. The lowest BCUT2D eigenvalue weighted by atomic mass is 10.2. The van der Waals surface area contributed by atoms with E-state index in [1.807, 2.05) is 41.4 Å². The molecule has 0 aliphatic rings. The van der Waals surface area contributed by atoms with Crippen molar-refractivity contribution in [1.29, 1.82) is 0 Å². The van der Waals surface area contributed by atoms with Crippen molar-refractivity contribution in [2.45, 2.75) is 26.2 Å². The maximum absolute atomic E-state index is 4.45. The lowest BCUT2D eigenvalue weighted by Crippen LogP contribution is -2.01. The molecule has 0 saturated heterocycles. The van der Waals surface area contributed by atoms with Crippen LogP contribution in [0, 0.1) is 0 Å². The van der Waals surface area contributed by atoms with Crippen LogP contribution in [0.3, 0.4) is 0 Å². The molecule has 21 heavy (non-hydrogen) atoms. The minimum Gasteiger partial charge on any atom is -0.297 e. The van der Waals surface area contributed by atoms with Crippen LogP contribution in [0.25, 0.3) is 17.1 Å². The van der Waals surface area contributed by atoms with Crippen LogP contribution in [0.5, 0.6) is 0 Å². The van der Waals surface area contributed by atoms with Crippen molar-refractivity contribution in [3.8, 4) is 17.1 Å². The molecule has 0 atom stereocenters. The predicted molar refractivity (Wildman–Crippen MR) is 83.2 cm³/mol. The third-order valence-electron chi connectivity index (χ3n) is 3.40. The van der Waals surface area contributed by atoms with Crippen molar-refractivity contribution in [3.63, 3.8) is 0 Å². The second-order valence-corrected chi connectivity index (χ2v) is 4.95. The summed E-state index contributed by atoms with van der Waals surface area (Å²) in [7, 11) is 0. The fourth-order valence-corrected chi connectivity index (χ4v) is 2.25. The summed E-state index contributed by atoms with van der Waals surface area (Å²) < 4.78 is 2.01. The van der Waals surface area contributed by atoms with E-state index in [1.54, 1.807) is 6.20 Å². The first-order valence-electron chi connectivity index (χ1n) is 7.28. The van der Waals surface area contributed by atoms with Gasteiger partial charge in [-0.3, -0.25) is 4.57 Å². The van der Waals surface area contributed by atoms with E-state index in [4.69, 9.17) is 0 Å². The van der Waals surface area contributed by atoms with Gasteiger partial charge in [0.05, 0.1) is 18.1 Å². The molecule has 0 saturated carbocycles. The third-order valence-corrected chi connectivity index (χ3v) is 3.40. The summed E-state index contributed by atoms with van der Waals surface area (Å²) >= 11 is 0. The summed E-state index contributed by atoms with van der Waals surface area (Å²) in [6.45, 7) is 2.17. The van der Waals surface area contributed by atoms with Crippen LogP contribution >= 0.6 is 0 Å². The monoisotopic (exact) mass is 278 g/mol. The van der Waals surface area contributed by atoms with Gasteiger partial charge in [-0.15, -0.1) is 0 Å². The van der Waals surface area contributed by atoms with Crippen LogP contribution in [0.1, 0.15) is 25.6 Å². The SMILES string of the molecule is CCCCc1ncc(-n2ccnc2-c2ccccc2)cn1. The zero-order valence-corrected chi connectivity index (χ0v) is 12.1. The maximum Gasteiger partial charge on any atom is 0.144 e. The Morgan fingerprint density at radius 3 is 2.48 bits per heavy atom. The molecule has 0 fully saturated rings. The molecule has 0 amide bonds. The Kier molecular flexibility index (Phi) is 4.05. The van der Waals surface area contributed by atoms with E-state index >= 15 is 0 Å². The third kappa shape index (κ3) is 2.99. The molecule has 0 radical (unpaired) electrons. The summed E-state index contributed by atoms with van der Waals surface area (Å²) in [6, 6.07) is 10.1. The Morgan fingerprint density at radius 1 is 1.00 bits per heavy atom. The van der Waals surface area contributed by atoms with Crippen LogP contribution in [-0.4, -0.2) is 19.5 Å². The number of hydrogen-bond acceptors (Lipinski definition) is 3. The van der Waals surface area contributed by atoms with Crippen molar-refractivity contribution in [2.75, 3.05) is 0 Å². The van der Waals surface area contributed by atoms with Crippen molar-refractivity contribution in [1.82, 2.24) is 19.5 Å².